The van der Waals surface area contributed by atoms with Crippen molar-refractivity contribution in [2.24, 2.45) is 4.99 Å². The lowest BCUT2D eigenvalue weighted by molar-refractivity contribution is -0.137. The van der Waals surface area contributed by atoms with Gasteiger partial charge in [-0.2, -0.15) is 23.7 Å². The maximum atomic E-state index is 13.0. The number of nitrogens with zero attached hydrogens (tertiary/aromatic N) is 5. The number of hydrogen-bond donors (Lipinski definition) is 4. The van der Waals surface area contributed by atoms with Crippen molar-refractivity contribution in [2.45, 2.75) is 12.2 Å². The molecule has 12 heteroatoms. The SMILES string of the molecule is N#CNC1=NC(c2ccc(-c3cc(C(F)(F)F)ccn3)cc2)c2c(nc(N)c(C#N)c2N)N1. The van der Waals surface area contributed by atoms with Crippen LogP contribution in [0.2, 0.25) is 0 Å². The van der Waals surface area contributed by atoms with Crippen molar-refractivity contribution < 1.29 is 13.2 Å². The van der Waals surface area contributed by atoms with Gasteiger partial charge in [0.2, 0.25) is 5.96 Å². The van der Waals surface area contributed by atoms with Crippen LogP contribution >= 0.6 is 0 Å². The minimum atomic E-state index is -4.49. The summed E-state index contributed by atoms with van der Waals surface area (Å²) in [5.74, 6) is 0.240. The quantitative estimate of drug-likeness (QED) is 0.343. The van der Waals surface area contributed by atoms with E-state index in [9.17, 15) is 18.4 Å². The van der Waals surface area contributed by atoms with Gasteiger partial charge in [0.25, 0.3) is 0 Å². The van der Waals surface area contributed by atoms with Crippen LogP contribution in [0.4, 0.5) is 30.5 Å². The molecule has 1 aromatic carbocycles. The zero-order valence-corrected chi connectivity index (χ0v) is 16.6. The van der Waals surface area contributed by atoms with Crippen molar-refractivity contribution in [3.63, 3.8) is 0 Å². The second-order valence-corrected chi connectivity index (χ2v) is 6.95. The molecular weight excluding hydrogens is 435 g/mol. The Balaban J connectivity index is 1.78. The Morgan fingerprint density at radius 2 is 1.82 bits per heavy atom. The number of pyridine rings is 2. The van der Waals surface area contributed by atoms with Gasteiger partial charge < -0.3 is 16.8 Å². The lowest BCUT2D eigenvalue weighted by atomic mass is 9.94. The first-order valence-corrected chi connectivity index (χ1v) is 9.35. The van der Waals surface area contributed by atoms with Crippen LogP contribution in [0.5, 0.6) is 0 Å². The van der Waals surface area contributed by atoms with E-state index in [1.165, 1.54) is 0 Å². The van der Waals surface area contributed by atoms with E-state index in [0.717, 1.165) is 18.3 Å². The summed E-state index contributed by atoms with van der Waals surface area (Å²) in [5.41, 5.74) is 12.9. The molecule has 2 aromatic heterocycles. The predicted octanol–water partition coefficient (Wildman–Crippen LogP) is 3.14. The van der Waals surface area contributed by atoms with E-state index >= 15 is 0 Å². The molecule has 3 aromatic rings. The summed E-state index contributed by atoms with van der Waals surface area (Å²) < 4.78 is 39.1. The van der Waals surface area contributed by atoms with Crippen molar-refractivity contribution in [3.8, 4) is 23.5 Å². The molecule has 3 heterocycles. The van der Waals surface area contributed by atoms with Gasteiger partial charge in [0.1, 0.15) is 29.3 Å². The maximum absolute atomic E-state index is 13.0. The number of nitrogen functional groups attached to an aromatic ring is 2. The standard InChI is InChI=1S/C21H14F3N9/c22-21(23,24)12-5-6-29-14(7-12)10-1-3-11(4-2-10)17-15-16(27)13(8-25)18(28)32-19(15)33-20(31-17)30-9-26/h1-7,17H,(H6,27,28,30,31,32,33). The van der Waals surface area contributed by atoms with E-state index in [0.29, 0.717) is 16.7 Å². The maximum Gasteiger partial charge on any atom is 0.416 e. The molecule has 164 valence electrons. The van der Waals surface area contributed by atoms with Crippen LogP contribution in [0.25, 0.3) is 11.3 Å². The summed E-state index contributed by atoms with van der Waals surface area (Å²) in [6.45, 7) is 0. The smallest absolute Gasteiger partial charge is 0.397 e. The van der Waals surface area contributed by atoms with Gasteiger partial charge in [0, 0.05) is 17.3 Å². The minimum Gasteiger partial charge on any atom is -0.397 e. The normalized spacial score (nSPS) is 14.8. The molecule has 0 radical (unpaired) electrons. The molecule has 0 saturated carbocycles. The first-order valence-electron chi connectivity index (χ1n) is 9.35. The van der Waals surface area contributed by atoms with Gasteiger partial charge in [-0.05, 0) is 17.7 Å². The number of hydrogen-bond acceptors (Lipinski definition) is 9. The number of guanidine groups is 1. The number of rotatable bonds is 2. The van der Waals surface area contributed by atoms with Crippen molar-refractivity contribution in [1.29, 1.82) is 10.5 Å². The summed E-state index contributed by atoms with van der Waals surface area (Å²) in [6.07, 6.45) is -1.64. The number of nitriles is 2. The summed E-state index contributed by atoms with van der Waals surface area (Å²) in [6, 6.07) is 9.50. The number of anilines is 3. The highest BCUT2D eigenvalue weighted by Gasteiger charge is 2.31. The molecule has 9 nitrogen and oxygen atoms in total. The summed E-state index contributed by atoms with van der Waals surface area (Å²) in [7, 11) is 0. The fraction of sp³-hybridized carbons (Fsp3) is 0.0952. The molecule has 0 amide bonds. The molecule has 4 rings (SSSR count). The van der Waals surface area contributed by atoms with Gasteiger partial charge in [-0.3, -0.25) is 10.3 Å². The Hall–Kier alpha value is -4.84. The van der Waals surface area contributed by atoms with Gasteiger partial charge in [0.15, 0.2) is 6.19 Å². The number of nitrogens with two attached hydrogens (primary N) is 2. The number of fused-ring (bicyclic) bond motifs is 1. The van der Waals surface area contributed by atoms with Gasteiger partial charge >= 0.3 is 6.18 Å². The van der Waals surface area contributed by atoms with E-state index < -0.39 is 17.8 Å². The van der Waals surface area contributed by atoms with Crippen molar-refractivity contribution >= 4 is 23.3 Å². The number of nitrogens with one attached hydrogen (secondary N) is 2. The minimum absolute atomic E-state index is 0.00257. The van der Waals surface area contributed by atoms with Crippen LogP contribution in [-0.4, -0.2) is 15.9 Å². The number of aliphatic imine (C=N–C) groups is 1. The van der Waals surface area contributed by atoms with Gasteiger partial charge in [-0.15, -0.1) is 0 Å². The fourth-order valence-corrected chi connectivity index (χ4v) is 3.42. The van der Waals surface area contributed by atoms with Crippen LogP contribution in [0.15, 0.2) is 47.6 Å². The summed E-state index contributed by atoms with van der Waals surface area (Å²) in [5, 5.41) is 23.6. The molecule has 0 bridgehead atoms. The molecule has 33 heavy (non-hydrogen) atoms. The average molecular weight is 449 g/mol. The molecule has 1 aliphatic rings. The van der Waals surface area contributed by atoms with Crippen LogP contribution in [0.1, 0.15) is 28.3 Å². The molecule has 1 atom stereocenters. The predicted molar refractivity (Wildman–Crippen MR) is 114 cm³/mol. The molecule has 0 fully saturated rings. The number of halogens is 3. The first kappa shape index (κ1) is 21.4. The van der Waals surface area contributed by atoms with E-state index in [2.05, 4.69) is 25.6 Å². The van der Waals surface area contributed by atoms with E-state index in [4.69, 9.17) is 16.7 Å². The third-order valence-electron chi connectivity index (χ3n) is 4.97. The zero-order valence-electron chi connectivity index (χ0n) is 16.6. The van der Waals surface area contributed by atoms with Gasteiger partial charge in [0.05, 0.1) is 16.9 Å². The van der Waals surface area contributed by atoms with E-state index in [1.54, 1.807) is 30.5 Å². The van der Waals surface area contributed by atoms with Crippen LogP contribution in [-0.2, 0) is 6.18 Å². The lowest BCUT2D eigenvalue weighted by Gasteiger charge is -2.26. The number of aromatic nitrogens is 2. The molecular formula is C21H14F3N9. The Morgan fingerprint density at radius 3 is 2.45 bits per heavy atom. The Labute approximate surface area is 185 Å². The zero-order chi connectivity index (χ0) is 23.8. The Bertz CT molecular complexity index is 1350. The first-order chi connectivity index (χ1) is 15.7. The highest BCUT2D eigenvalue weighted by molar-refractivity contribution is 5.98. The molecule has 0 saturated heterocycles. The average Bonchev–Trinajstić information content (AvgIpc) is 2.78. The molecule has 0 aliphatic carbocycles. The van der Waals surface area contributed by atoms with E-state index in [1.807, 2.05) is 6.07 Å². The van der Waals surface area contributed by atoms with Crippen LogP contribution < -0.4 is 22.1 Å². The van der Waals surface area contributed by atoms with Crippen molar-refractivity contribution in [3.05, 3.63) is 64.8 Å². The fourth-order valence-electron chi connectivity index (χ4n) is 3.42. The van der Waals surface area contributed by atoms with Gasteiger partial charge in [-0.25, -0.2) is 9.98 Å². The lowest BCUT2D eigenvalue weighted by Crippen LogP contribution is -2.32. The Morgan fingerprint density at radius 1 is 1.09 bits per heavy atom. The summed E-state index contributed by atoms with van der Waals surface area (Å²) in [4.78, 5) is 12.6. The molecule has 6 N–H and O–H groups in total. The third-order valence-corrected chi connectivity index (χ3v) is 4.97. The monoisotopic (exact) mass is 449 g/mol. The van der Waals surface area contributed by atoms with Crippen molar-refractivity contribution in [1.82, 2.24) is 15.3 Å². The van der Waals surface area contributed by atoms with Gasteiger partial charge in [-0.1, -0.05) is 24.3 Å². The van der Waals surface area contributed by atoms with Crippen molar-refractivity contribution in [2.75, 3.05) is 16.8 Å². The Kier molecular flexibility index (Phi) is 5.20. The van der Waals surface area contributed by atoms with Crippen LogP contribution in [0.3, 0.4) is 0 Å². The number of benzene rings is 1. The highest BCUT2D eigenvalue weighted by Crippen LogP contribution is 2.41. The molecule has 1 unspecified atom stereocenters. The second-order valence-electron chi connectivity index (χ2n) is 6.95. The van der Waals surface area contributed by atoms with E-state index in [-0.39, 0.29) is 34.5 Å². The number of alkyl halides is 3. The highest BCUT2D eigenvalue weighted by atomic mass is 19.4. The van der Waals surface area contributed by atoms with Crippen LogP contribution in [0, 0.1) is 22.8 Å². The second kappa shape index (κ2) is 8.01. The summed E-state index contributed by atoms with van der Waals surface area (Å²) >= 11 is 0. The topological polar surface area (TPSA) is 162 Å². The largest absolute Gasteiger partial charge is 0.416 e. The molecule has 1 aliphatic heterocycles. The third kappa shape index (κ3) is 3.93. The molecule has 0 spiro atoms.